The molecule has 0 aliphatic heterocycles. The molecule has 4 aromatic rings. The molecule has 1 atom stereocenters. The molecule has 1 heterocycles. The second kappa shape index (κ2) is 11.5. The fourth-order valence-corrected chi connectivity index (χ4v) is 4.68. The summed E-state index contributed by atoms with van der Waals surface area (Å²) >= 11 is 1.54. The van der Waals surface area contributed by atoms with Gasteiger partial charge in [0.05, 0.1) is 13.5 Å². The number of para-hydroxylation sites is 1. The molecule has 35 heavy (non-hydrogen) atoms. The number of hydrogen-bond donors (Lipinski definition) is 1. The average molecular weight is 485 g/mol. The molecular formula is C29H28N2O3S. The fraction of sp³-hybridized carbons (Fsp3) is 0.172. The summed E-state index contributed by atoms with van der Waals surface area (Å²) in [5.41, 5.74) is 3.35. The molecule has 4 rings (SSSR count). The Balaban J connectivity index is 1.69. The lowest BCUT2D eigenvalue weighted by atomic mass is 10.0. The van der Waals surface area contributed by atoms with Crippen LogP contribution in [0.2, 0.25) is 0 Å². The van der Waals surface area contributed by atoms with Gasteiger partial charge in [-0.1, -0.05) is 66.7 Å². The average Bonchev–Trinajstić information content (AvgIpc) is 3.40. The minimum absolute atomic E-state index is 0.129. The Morgan fingerprint density at radius 2 is 1.63 bits per heavy atom. The standard InChI is InChI=1S/C29H28N2O3S/c1-21-9-6-7-13-26(21)31(27(32)19-25-12-8-18-35-25)28(23-10-4-3-5-11-23)29(33)30-20-22-14-16-24(34-2)17-15-22/h3-18,28H,19-20H2,1-2H3,(H,30,33). The third-order valence-corrected chi connectivity index (χ3v) is 6.67. The van der Waals surface area contributed by atoms with Gasteiger partial charge in [-0.2, -0.15) is 0 Å². The molecule has 6 heteroatoms. The predicted molar refractivity (Wildman–Crippen MR) is 141 cm³/mol. The summed E-state index contributed by atoms with van der Waals surface area (Å²) in [6.07, 6.45) is 0.223. The molecule has 0 aliphatic rings. The third-order valence-electron chi connectivity index (χ3n) is 5.80. The van der Waals surface area contributed by atoms with Crippen LogP contribution in [-0.4, -0.2) is 18.9 Å². The van der Waals surface area contributed by atoms with Gasteiger partial charge >= 0.3 is 0 Å². The molecule has 5 nitrogen and oxygen atoms in total. The van der Waals surface area contributed by atoms with Crippen LogP contribution in [-0.2, 0) is 22.6 Å². The fourth-order valence-electron chi connectivity index (χ4n) is 3.98. The minimum atomic E-state index is -0.817. The number of hydrogen-bond acceptors (Lipinski definition) is 4. The molecular weight excluding hydrogens is 456 g/mol. The zero-order chi connectivity index (χ0) is 24.6. The van der Waals surface area contributed by atoms with Crippen LogP contribution < -0.4 is 15.0 Å². The maximum atomic E-state index is 13.8. The number of rotatable bonds is 9. The van der Waals surface area contributed by atoms with Crippen molar-refractivity contribution >= 4 is 28.8 Å². The van der Waals surface area contributed by atoms with E-state index < -0.39 is 6.04 Å². The van der Waals surface area contributed by atoms with E-state index in [9.17, 15) is 9.59 Å². The lowest BCUT2D eigenvalue weighted by Crippen LogP contribution is -2.44. The highest BCUT2D eigenvalue weighted by molar-refractivity contribution is 7.10. The van der Waals surface area contributed by atoms with Crippen LogP contribution >= 0.6 is 11.3 Å². The number of carbonyl (C=O) groups excluding carboxylic acids is 2. The first-order valence-corrected chi connectivity index (χ1v) is 12.3. The van der Waals surface area contributed by atoms with Crippen molar-refractivity contribution in [3.63, 3.8) is 0 Å². The van der Waals surface area contributed by atoms with E-state index >= 15 is 0 Å². The van der Waals surface area contributed by atoms with Crippen molar-refractivity contribution in [1.29, 1.82) is 0 Å². The molecule has 0 saturated carbocycles. The molecule has 3 aromatic carbocycles. The van der Waals surface area contributed by atoms with E-state index in [1.807, 2.05) is 103 Å². The van der Waals surface area contributed by atoms with Gasteiger partial charge in [-0.3, -0.25) is 14.5 Å². The van der Waals surface area contributed by atoms with Gasteiger partial charge < -0.3 is 10.1 Å². The number of benzene rings is 3. The summed E-state index contributed by atoms with van der Waals surface area (Å²) in [4.78, 5) is 30.1. The number of nitrogens with zero attached hydrogens (tertiary/aromatic N) is 1. The first-order chi connectivity index (χ1) is 17.1. The summed E-state index contributed by atoms with van der Waals surface area (Å²) in [5, 5.41) is 5.00. The van der Waals surface area contributed by atoms with Gasteiger partial charge in [0.1, 0.15) is 11.8 Å². The van der Waals surface area contributed by atoms with Gasteiger partial charge in [0.2, 0.25) is 11.8 Å². The number of ether oxygens (including phenoxy) is 1. The normalized spacial score (nSPS) is 11.5. The van der Waals surface area contributed by atoms with Crippen LogP contribution in [0.5, 0.6) is 5.75 Å². The Morgan fingerprint density at radius 3 is 2.29 bits per heavy atom. The van der Waals surface area contributed by atoms with Crippen LogP contribution in [0.3, 0.4) is 0 Å². The Labute approximate surface area is 210 Å². The SMILES string of the molecule is COc1ccc(CNC(=O)C(c2ccccc2)N(C(=O)Cc2cccs2)c2ccccc2C)cc1. The van der Waals surface area contributed by atoms with E-state index in [2.05, 4.69) is 5.32 Å². The zero-order valence-corrected chi connectivity index (χ0v) is 20.6. The quantitative estimate of drug-likeness (QED) is 0.332. The topological polar surface area (TPSA) is 58.6 Å². The van der Waals surface area contributed by atoms with Crippen molar-refractivity contribution in [3.05, 3.63) is 118 Å². The summed E-state index contributed by atoms with van der Waals surface area (Å²) < 4.78 is 5.22. The van der Waals surface area contributed by atoms with Crippen molar-refractivity contribution in [2.45, 2.75) is 25.9 Å². The maximum absolute atomic E-state index is 13.8. The monoisotopic (exact) mass is 484 g/mol. The van der Waals surface area contributed by atoms with Gasteiger partial charge in [-0.25, -0.2) is 0 Å². The highest BCUT2D eigenvalue weighted by Crippen LogP contribution is 2.31. The summed E-state index contributed by atoms with van der Waals surface area (Å²) in [5.74, 6) is 0.386. The Bertz CT molecular complexity index is 1250. The van der Waals surface area contributed by atoms with E-state index in [1.54, 1.807) is 12.0 Å². The molecule has 2 amide bonds. The van der Waals surface area contributed by atoms with Gasteiger partial charge in [0.15, 0.2) is 0 Å². The highest BCUT2D eigenvalue weighted by atomic mass is 32.1. The lowest BCUT2D eigenvalue weighted by Gasteiger charge is -2.32. The zero-order valence-electron chi connectivity index (χ0n) is 19.8. The van der Waals surface area contributed by atoms with Gasteiger partial charge in [0.25, 0.3) is 0 Å². The van der Waals surface area contributed by atoms with Gasteiger partial charge in [-0.15, -0.1) is 11.3 Å². The summed E-state index contributed by atoms with van der Waals surface area (Å²) in [6.45, 7) is 2.30. The van der Waals surface area contributed by atoms with E-state index in [0.717, 1.165) is 33.0 Å². The van der Waals surface area contributed by atoms with E-state index in [-0.39, 0.29) is 18.2 Å². The molecule has 0 bridgehead atoms. The number of thiophene rings is 1. The Kier molecular flexibility index (Phi) is 7.95. The maximum Gasteiger partial charge on any atom is 0.248 e. The minimum Gasteiger partial charge on any atom is -0.497 e. The van der Waals surface area contributed by atoms with Crippen molar-refractivity contribution in [2.24, 2.45) is 0 Å². The number of carbonyl (C=O) groups is 2. The highest BCUT2D eigenvalue weighted by Gasteiger charge is 2.33. The van der Waals surface area contributed by atoms with Gasteiger partial charge in [-0.05, 0) is 53.3 Å². The van der Waals surface area contributed by atoms with E-state index in [1.165, 1.54) is 11.3 Å². The first kappa shape index (κ1) is 24.2. The Morgan fingerprint density at radius 1 is 0.914 bits per heavy atom. The van der Waals surface area contributed by atoms with E-state index in [0.29, 0.717) is 6.54 Å². The van der Waals surface area contributed by atoms with Crippen LogP contribution in [0, 0.1) is 6.92 Å². The van der Waals surface area contributed by atoms with Crippen molar-refractivity contribution in [2.75, 3.05) is 12.0 Å². The van der Waals surface area contributed by atoms with Crippen LogP contribution in [0.1, 0.15) is 27.6 Å². The van der Waals surface area contributed by atoms with Crippen LogP contribution in [0.25, 0.3) is 0 Å². The van der Waals surface area contributed by atoms with Crippen molar-refractivity contribution in [1.82, 2.24) is 5.32 Å². The molecule has 0 radical (unpaired) electrons. The number of aryl methyl sites for hydroxylation is 1. The molecule has 0 saturated heterocycles. The smallest absolute Gasteiger partial charge is 0.248 e. The van der Waals surface area contributed by atoms with Crippen LogP contribution in [0.15, 0.2) is 96.4 Å². The molecule has 1 N–H and O–H groups in total. The third kappa shape index (κ3) is 5.97. The molecule has 1 unspecified atom stereocenters. The van der Waals surface area contributed by atoms with Crippen LogP contribution in [0.4, 0.5) is 5.69 Å². The molecule has 0 spiro atoms. The number of methoxy groups -OCH3 is 1. The van der Waals surface area contributed by atoms with E-state index in [4.69, 9.17) is 4.74 Å². The molecule has 178 valence electrons. The molecule has 0 fully saturated rings. The lowest BCUT2D eigenvalue weighted by molar-refractivity contribution is -0.126. The first-order valence-electron chi connectivity index (χ1n) is 11.4. The molecule has 0 aliphatic carbocycles. The summed E-state index contributed by atoms with van der Waals surface area (Å²) in [7, 11) is 1.62. The second-order valence-electron chi connectivity index (χ2n) is 8.19. The van der Waals surface area contributed by atoms with Gasteiger partial charge in [0, 0.05) is 17.1 Å². The number of anilines is 1. The van der Waals surface area contributed by atoms with Crippen molar-refractivity contribution < 1.29 is 14.3 Å². The predicted octanol–water partition coefficient (Wildman–Crippen LogP) is 5.70. The number of nitrogens with one attached hydrogen (secondary N) is 1. The largest absolute Gasteiger partial charge is 0.497 e. The number of amides is 2. The Hall–Kier alpha value is -3.90. The summed E-state index contributed by atoms with van der Waals surface area (Å²) in [6, 6.07) is 27.8. The van der Waals surface area contributed by atoms with Crippen molar-refractivity contribution in [3.8, 4) is 5.75 Å². The second-order valence-corrected chi connectivity index (χ2v) is 9.22. The molecule has 1 aromatic heterocycles.